The molecule has 0 nitrogen and oxygen atoms in total. The van der Waals surface area contributed by atoms with Crippen LogP contribution in [-0.2, 0) is 18.6 Å². The topological polar surface area (TPSA) is 0 Å². The summed E-state index contributed by atoms with van der Waals surface area (Å²) in [5, 5.41) is 0. The molecule has 0 spiro atoms. The van der Waals surface area contributed by atoms with Crippen LogP contribution in [0.1, 0.15) is 29.7 Å². The van der Waals surface area contributed by atoms with Crippen LogP contribution >= 0.6 is 0 Å². The van der Waals surface area contributed by atoms with Crippen LogP contribution in [0.3, 0.4) is 0 Å². The van der Waals surface area contributed by atoms with Crippen LogP contribution in [-0.4, -0.2) is 0 Å². The average Bonchev–Trinajstić information content (AvgIpc) is 0. The van der Waals surface area contributed by atoms with Gasteiger partial charge in [0.15, 0.2) is 0 Å². The first-order valence-electron chi connectivity index (χ1n) is 0. The Bertz CT molecular complexity index is 3.61. The van der Waals surface area contributed by atoms with Gasteiger partial charge in [0.05, 0.1) is 0 Å². The summed E-state index contributed by atoms with van der Waals surface area (Å²) in [6, 6.07) is 0. The monoisotopic (exact) mass is 115 g/mol. The summed E-state index contributed by atoms with van der Waals surface area (Å²) >= 11 is 0. The molecule has 0 N–H and O–H groups in total. The molecule has 0 aromatic heterocycles. The predicted molar refractivity (Wildman–Crippen MR) is 26.9 cm³/mol. The van der Waals surface area contributed by atoms with Gasteiger partial charge in [-0.1, -0.05) is 29.7 Å². The largest absolute Gasteiger partial charge is 0.0776 e. The fourth-order valence-corrected chi connectivity index (χ4v) is 0. The predicted octanol–water partition coefficient (Wildman–Crippen LogP) is 2.54. The summed E-state index contributed by atoms with van der Waals surface area (Å²) < 4.78 is 0. The van der Waals surface area contributed by atoms with Gasteiger partial charge in [-0.3, -0.25) is 0 Å². The molecule has 0 aliphatic rings. The summed E-state index contributed by atoms with van der Waals surface area (Å²) in [7, 11) is 0. The SMILES string of the molecule is C.C.C.C.[V]. The molecule has 0 rings (SSSR count). The average molecular weight is 115 g/mol. The van der Waals surface area contributed by atoms with E-state index in [0.717, 1.165) is 0 Å². The Labute approximate surface area is 48.9 Å². The van der Waals surface area contributed by atoms with E-state index in [1.165, 1.54) is 0 Å². The van der Waals surface area contributed by atoms with Crippen molar-refractivity contribution in [2.45, 2.75) is 29.7 Å². The Hall–Kier alpha value is 0.584. The summed E-state index contributed by atoms with van der Waals surface area (Å²) in [5.41, 5.74) is 0. The van der Waals surface area contributed by atoms with Crippen molar-refractivity contribution in [3.8, 4) is 0 Å². The van der Waals surface area contributed by atoms with Crippen molar-refractivity contribution in [3.05, 3.63) is 0 Å². The molecule has 0 saturated heterocycles. The normalized spacial score (nSPS) is 0. The zero-order valence-corrected chi connectivity index (χ0v) is 1.84. The molecule has 0 aliphatic heterocycles. The van der Waals surface area contributed by atoms with Crippen LogP contribution in [0.2, 0.25) is 0 Å². The van der Waals surface area contributed by atoms with Crippen molar-refractivity contribution in [2.75, 3.05) is 0 Å². The minimum absolute atomic E-state index is 0. The fourth-order valence-electron chi connectivity index (χ4n) is 0. The van der Waals surface area contributed by atoms with Gasteiger partial charge >= 0.3 is 0 Å². The Morgan fingerprint density at radius 3 is 0.400 bits per heavy atom. The van der Waals surface area contributed by atoms with Gasteiger partial charge in [-0.2, -0.15) is 0 Å². The van der Waals surface area contributed by atoms with Gasteiger partial charge in [0.1, 0.15) is 0 Å². The first kappa shape index (κ1) is 344. The minimum Gasteiger partial charge on any atom is -0.0776 e. The second kappa shape index (κ2) is 172. The van der Waals surface area contributed by atoms with Gasteiger partial charge in [0.25, 0.3) is 0 Å². The van der Waals surface area contributed by atoms with Crippen molar-refractivity contribution < 1.29 is 18.6 Å². The van der Waals surface area contributed by atoms with E-state index < -0.39 is 0 Å². The third-order valence-electron chi connectivity index (χ3n) is 0. The smallest absolute Gasteiger partial charge is 0 e. The van der Waals surface area contributed by atoms with Crippen molar-refractivity contribution >= 4 is 0 Å². The standard InChI is InChI=1S/4CH4.V/h4*1H4;. The van der Waals surface area contributed by atoms with E-state index in [4.69, 9.17) is 0 Å². The quantitative estimate of drug-likeness (QED) is 0.455. The maximum absolute atomic E-state index is 0. The van der Waals surface area contributed by atoms with E-state index in [1.54, 1.807) is 0 Å². The summed E-state index contributed by atoms with van der Waals surface area (Å²) in [6.45, 7) is 0. The van der Waals surface area contributed by atoms with Crippen molar-refractivity contribution in [2.24, 2.45) is 0 Å². The minimum atomic E-state index is 0. The van der Waals surface area contributed by atoms with Gasteiger partial charge in [0.2, 0.25) is 0 Å². The molecule has 1 radical (unpaired) electrons. The molecule has 0 aromatic carbocycles. The van der Waals surface area contributed by atoms with Crippen molar-refractivity contribution in [1.29, 1.82) is 0 Å². The van der Waals surface area contributed by atoms with Gasteiger partial charge in [-0.05, 0) is 0 Å². The van der Waals surface area contributed by atoms with Crippen LogP contribution in [0.5, 0.6) is 0 Å². The maximum atomic E-state index is 0. The molecule has 0 bridgehead atoms. The van der Waals surface area contributed by atoms with Crippen LogP contribution < -0.4 is 0 Å². The van der Waals surface area contributed by atoms with Crippen molar-refractivity contribution in [1.82, 2.24) is 0 Å². The van der Waals surface area contributed by atoms with E-state index in [-0.39, 0.29) is 48.3 Å². The zero-order valence-electron chi connectivity index (χ0n) is 0.447. The molecule has 0 saturated carbocycles. The van der Waals surface area contributed by atoms with Crippen LogP contribution in [0, 0.1) is 0 Å². The molecule has 37 valence electrons. The van der Waals surface area contributed by atoms with E-state index in [2.05, 4.69) is 0 Å². The fraction of sp³-hybridized carbons (Fsp3) is 1.00. The molecule has 0 fully saturated rings. The molecule has 0 aromatic rings. The van der Waals surface area contributed by atoms with E-state index in [1.807, 2.05) is 0 Å². The molecule has 0 amide bonds. The Balaban J connectivity index is 0. The summed E-state index contributed by atoms with van der Waals surface area (Å²) in [4.78, 5) is 0. The third kappa shape index (κ3) is 89.7. The number of hydrogen-bond donors (Lipinski definition) is 0. The van der Waals surface area contributed by atoms with Gasteiger partial charge in [-0.25, -0.2) is 0 Å². The molecule has 0 heterocycles. The second-order valence-corrected chi connectivity index (χ2v) is 0. The first-order chi connectivity index (χ1) is 0. The molecule has 5 heavy (non-hydrogen) atoms. The maximum Gasteiger partial charge on any atom is 0 e. The molecule has 0 aliphatic carbocycles. The van der Waals surface area contributed by atoms with E-state index in [0.29, 0.717) is 0 Å². The van der Waals surface area contributed by atoms with E-state index in [9.17, 15) is 0 Å². The van der Waals surface area contributed by atoms with Gasteiger partial charge in [0, 0.05) is 18.6 Å². The third-order valence-corrected chi connectivity index (χ3v) is 0. The van der Waals surface area contributed by atoms with Crippen LogP contribution in [0.4, 0.5) is 0 Å². The second-order valence-electron chi connectivity index (χ2n) is 0. The number of hydrogen-bond acceptors (Lipinski definition) is 0. The van der Waals surface area contributed by atoms with Crippen molar-refractivity contribution in [3.63, 3.8) is 0 Å². The molecular formula is C4H16V. The van der Waals surface area contributed by atoms with E-state index >= 15 is 0 Å². The summed E-state index contributed by atoms with van der Waals surface area (Å²) in [6.07, 6.45) is 0. The van der Waals surface area contributed by atoms with Gasteiger partial charge < -0.3 is 0 Å². The van der Waals surface area contributed by atoms with Crippen LogP contribution in [0.15, 0.2) is 0 Å². The van der Waals surface area contributed by atoms with Crippen LogP contribution in [0.25, 0.3) is 0 Å². The molecule has 1 heteroatoms. The molecule has 0 unspecified atom stereocenters. The Morgan fingerprint density at radius 2 is 0.400 bits per heavy atom. The van der Waals surface area contributed by atoms with Gasteiger partial charge in [-0.15, -0.1) is 0 Å². The molecule has 0 atom stereocenters. The first-order valence-corrected chi connectivity index (χ1v) is 0. The summed E-state index contributed by atoms with van der Waals surface area (Å²) in [5.74, 6) is 0. The number of rotatable bonds is 0. The zero-order chi connectivity index (χ0) is 0. The molecular weight excluding hydrogens is 99.0 g/mol. The Morgan fingerprint density at radius 1 is 0.400 bits per heavy atom. The Kier molecular flexibility index (Phi) is 11900.